The first-order valence-electron chi connectivity index (χ1n) is 9.20. The van der Waals surface area contributed by atoms with Crippen LogP contribution in [0, 0.1) is 0 Å². The summed E-state index contributed by atoms with van der Waals surface area (Å²) in [6, 6.07) is 7.59. The van der Waals surface area contributed by atoms with Crippen LogP contribution in [0.4, 0.5) is 11.4 Å². The van der Waals surface area contributed by atoms with Crippen molar-refractivity contribution >= 4 is 17.3 Å². The summed E-state index contributed by atoms with van der Waals surface area (Å²) in [5.41, 5.74) is 7.69. The minimum absolute atomic E-state index is 0.0317. The Labute approximate surface area is 156 Å². The molecule has 7 heteroatoms. The number of nitrogens with zero attached hydrogens (tertiary/aromatic N) is 3. The molecule has 0 aromatic heterocycles. The highest BCUT2D eigenvalue weighted by atomic mass is 16.4. The van der Waals surface area contributed by atoms with Crippen molar-refractivity contribution in [3.8, 4) is 0 Å². The number of likely N-dealkylation sites (N-methyl/N-ethyl adjacent to an activating group) is 1. The highest BCUT2D eigenvalue weighted by Crippen LogP contribution is 2.19. The number of benzene rings is 1. The molecule has 1 fully saturated rings. The Morgan fingerprint density at radius 2 is 1.81 bits per heavy atom. The van der Waals surface area contributed by atoms with E-state index in [2.05, 4.69) is 9.80 Å². The highest BCUT2D eigenvalue weighted by molar-refractivity contribution is 5.67. The SMILES string of the molecule is C[N+](C)(C)C(CC(=O)O)C(O)CN1CCCN(c2ccc(N)cc2)CC1. The first-order valence-corrected chi connectivity index (χ1v) is 9.20. The lowest BCUT2D eigenvalue weighted by atomic mass is 10.0. The Morgan fingerprint density at radius 1 is 1.15 bits per heavy atom. The summed E-state index contributed by atoms with van der Waals surface area (Å²) in [7, 11) is 5.80. The van der Waals surface area contributed by atoms with Crippen LogP contribution in [0.25, 0.3) is 0 Å². The molecule has 26 heavy (non-hydrogen) atoms. The van der Waals surface area contributed by atoms with Gasteiger partial charge in [-0.2, -0.15) is 0 Å². The zero-order valence-electron chi connectivity index (χ0n) is 16.1. The number of carboxylic acid groups (broad SMARTS) is 1. The van der Waals surface area contributed by atoms with E-state index >= 15 is 0 Å². The van der Waals surface area contributed by atoms with E-state index in [-0.39, 0.29) is 12.5 Å². The van der Waals surface area contributed by atoms with E-state index in [1.807, 2.05) is 45.4 Å². The van der Waals surface area contributed by atoms with Crippen molar-refractivity contribution in [3.63, 3.8) is 0 Å². The maximum absolute atomic E-state index is 11.2. The molecule has 0 aliphatic carbocycles. The van der Waals surface area contributed by atoms with Gasteiger partial charge in [0, 0.05) is 37.6 Å². The Kier molecular flexibility index (Phi) is 6.86. The van der Waals surface area contributed by atoms with E-state index in [4.69, 9.17) is 5.73 Å². The van der Waals surface area contributed by atoms with Gasteiger partial charge in [0.2, 0.25) is 0 Å². The van der Waals surface area contributed by atoms with Crippen LogP contribution in [0.2, 0.25) is 0 Å². The fourth-order valence-electron chi connectivity index (χ4n) is 3.59. The number of hydrogen-bond acceptors (Lipinski definition) is 5. The van der Waals surface area contributed by atoms with E-state index in [0.29, 0.717) is 11.0 Å². The molecule has 0 amide bonds. The molecule has 7 nitrogen and oxygen atoms in total. The molecule has 4 N–H and O–H groups in total. The van der Waals surface area contributed by atoms with Gasteiger partial charge in [0.25, 0.3) is 0 Å². The van der Waals surface area contributed by atoms with Crippen molar-refractivity contribution in [1.82, 2.24) is 4.90 Å². The number of hydrogen-bond donors (Lipinski definition) is 3. The molecule has 1 aliphatic heterocycles. The standard InChI is InChI=1S/C19H32N4O3/c1-23(2,3)17(13-19(25)26)18(24)14-21-9-4-10-22(12-11-21)16-7-5-15(20)6-8-16/h5-8,17-18,24H,4,9-14,20H2,1-3H3/p+1. The van der Waals surface area contributed by atoms with Gasteiger partial charge in [0.15, 0.2) is 0 Å². The normalized spacial score (nSPS) is 19.0. The number of nitrogen functional groups attached to an aromatic ring is 1. The number of aliphatic carboxylic acids is 1. The number of carbonyl (C=O) groups is 1. The third-order valence-corrected chi connectivity index (χ3v) is 5.11. The first kappa shape index (κ1) is 20.5. The van der Waals surface area contributed by atoms with E-state index < -0.39 is 12.1 Å². The van der Waals surface area contributed by atoms with E-state index in [1.54, 1.807) is 0 Å². The summed E-state index contributed by atoms with van der Waals surface area (Å²) in [6.45, 7) is 4.09. The first-order chi connectivity index (χ1) is 12.2. The molecular weight excluding hydrogens is 332 g/mol. The molecule has 2 atom stereocenters. The predicted molar refractivity (Wildman–Crippen MR) is 104 cm³/mol. The maximum Gasteiger partial charge on any atom is 0.309 e. The molecule has 1 aromatic rings. The topological polar surface area (TPSA) is 90.0 Å². The van der Waals surface area contributed by atoms with E-state index in [1.165, 1.54) is 0 Å². The molecule has 2 unspecified atom stereocenters. The van der Waals surface area contributed by atoms with Crippen LogP contribution in [-0.2, 0) is 4.79 Å². The fraction of sp³-hybridized carbons (Fsp3) is 0.632. The number of carboxylic acids is 1. The minimum atomic E-state index is -0.868. The second kappa shape index (κ2) is 8.70. The van der Waals surface area contributed by atoms with Gasteiger partial charge in [-0.3, -0.25) is 9.69 Å². The van der Waals surface area contributed by atoms with Gasteiger partial charge in [-0.25, -0.2) is 0 Å². The number of β-amino-alcohol motifs (C(OH)–C–C–N with tert-alkyl or cyclic N) is 1. The van der Waals surface area contributed by atoms with Gasteiger partial charge in [-0.05, 0) is 37.2 Å². The van der Waals surface area contributed by atoms with Crippen LogP contribution in [0.1, 0.15) is 12.8 Å². The molecule has 1 aliphatic rings. The Balaban J connectivity index is 1.95. The van der Waals surface area contributed by atoms with Crippen molar-refractivity contribution < 1.29 is 19.5 Å². The smallest absolute Gasteiger partial charge is 0.309 e. The second-order valence-corrected chi connectivity index (χ2v) is 8.08. The van der Waals surface area contributed by atoms with E-state index in [9.17, 15) is 15.0 Å². The van der Waals surface area contributed by atoms with Crippen LogP contribution in [0.5, 0.6) is 0 Å². The van der Waals surface area contributed by atoms with Crippen LogP contribution in [0.15, 0.2) is 24.3 Å². The molecule has 0 saturated carbocycles. The zero-order valence-corrected chi connectivity index (χ0v) is 16.1. The lowest BCUT2D eigenvalue weighted by Crippen LogP contribution is -2.55. The summed E-state index contributed by atoms with van der Waals surface area (Å²) in [5, 5.41) is 19.9. The van der Waals surface area contributed by atoms with Crippen LogP contribution in [0.3, 0.4) is 0 Å². The average molecular weight is 365 g/mol. The van der Waals surface area contributed by atoms with Gasteiger partial charge in [0.05, 0.1) is 21.1 Å². The fourth-order valence-corrected chi connectivity index (χ4v) is 3.59. The van der Waals surface area contributed by atoms with Gasteiger partial charge in [0.1, 0.15) is 18.6 Å². The largest absolute Gasteiger partial charge is 0.481 e. The molecule has 0 spiro atoms. The molecule has 1 saturated heterocycles. The minimum Gasteiger partial charge on any atom is -0.481 e. The molecule has 0 radical (unpaired) electrons. The van der Waals surface area contributed by atoms with Crippen LogP contribution < -0.4 is 10.6 Å². The van der Waals surface area contributed by atoms with Crippen molar-refractivity contribution in [2.24, 2.45) is 0 Å². The molecule has 1 aromatic carbocycles. The summed E-state index contributed by atoms with van der Waals surface area (Å²) in [4.78, 5) is 15.8. The lowest BCUT2D eigenvalue weighted by Gasteiger charge is -2.37. The second-order valence-electron chi connectivity index (χ2n) is 8.08. The maximum atomic E-state index is 11.2. The number of nitrogens with two attached hydrogens (primary N) is 1. The third kappa shape index (κ3) is 5.86. The van der Waals surface area contributed by atoms with Gasteiger partial charge >= 0.3 is 5.97 Å². The molecule has 2 rings (SSSR count). The van der Waals surface area contributed by atoms with Crippen LogP contribution in [-0.4, -0.2) is 91.6 Å². The van der Waals surface area contributed by atoms with Crippen LogP contribution >= 0.6 is 0 Å². The highest BCUT2D eigenvalue weighted by Gasteiger charge is 2.34. The Morgan fingerprint density at radius 3 is 2.38 bits per heavy atom. The van der Waals surface area contributed by atoms with Crippen molar-refractivity contribution in [3.05, 3.63) is 24.3 Å². The lowest BCUT2D eigenvalue weighted by molar-refractivity contribution is -0.899. The number of anilines is 2. The summed E-state index contributed by atoms with van der Waals surface area (Å²) < 4.78 is 0.429. The molecule has 0 bridgehead atoms. The van der Waals surface area contributed by atoms with Crippen molar-refractivity contribution in [2.75, 3.05) is 64.5 Å². The zero-order chi connectivity index (χ0) is 19.3. The predicted octanol–water partition coefficient (Wildman–Crippen LogP) is 0.691. The number of quaternary nitrogens is 1. The van der Waals surface area contributed by atoms with Gasteiger partial charge in [-0.15, -0.1) is 0 Å². The Bertz CT molecular complexity index is 585. The molecule has 1 heterocycles. The molecule has 146 valence electrons. The van der Waals surface area contributed by atoms with Crippen molar-refractivity contribution in [2.45, 2.75) is 25.0 Å². The Hall–Kier alpha value is -1.83. The number of rotatable bonds is 7. The summed E-state index contributed by atoms with van der Waals surface area (Å²) in [6.07, 6.45) is 0.301. The summed E-state index contributed by atoms with van der Waals surface area (Å²) >= 11 is 0. The third-order valence-electron chi connectivity index (χ3n) is 5.11. The van der Waals surface area contributed by atoms with Gasteiger partial charge < -0.3 is 25.3 Å². The van der Waals surface area contributed by atoms with Crippen molar-refractivity contribution in [1.29, 1.82) is 0 Å². The number of aliphatic hydroxyl groups excluding tert-OH is 1. The average Bonchev–Trinajstić information content (AvgIpc) is 2.78. The quantitative estimate of drug-likeness (QED) is 0.487. The number of aliphatic hydroxyl groups is 1. The van der Waals surface area contributed by atoms with E-state index in [0.717, 1.165) is 44.0 Å². The summed E-state index contributed by atoms with van der Waals surface area (Å²) in [5.74, 6) is -0.868. The van der Waals surface area contributed by atoms with Gasteiger partial charge in [-0.1, -0.05) is 0 Å². The molecular formula is C19H33N4O3+. The monoisotopic (exact) mass is 365 g/mol.